The van der Waals surface area contributed by atoms with Crippen molar-refractivity contribution in [2.24, 2.45) is 0 Å². The molecule has 1 aliphatic carbocycles. The standard InChI is InChI=1S/C32H38F4N4O3Si/c1-7-39-29-26(24(38-40(29)23-15-16-23)18-43-44(5,6)31(2,3)4)25(19-11-13-22(33)14-12-19)27(30(39)42)37-28(41)20-9-8-10-21(17-20)32(34,35)36/h8-14,17,23,25,27H,7,15-16,18H2,1-6H3,(H,37,41)/t25-,27-/m1/s1. The Morgan fingerprint density at radius 1 is 1.09 bits per heavy atom. The average Bonchev–Trinajstić information content (AvgIpc) is 3.73. The van der Waals surface area contributed by atoms with Gasteiger partial charge >= 0.3 is 6.18 Å². The number of amides is 2. The maximum atomic E-state index is 14.2. The van der Waals surface area contributed by atoms with Gasteiger partial charge in [0, 0.05) is 23.6 Å². The van der Waals surface area contributed by atoms with Crippen molar-refractivity contribution >= 4 is 25.9 Å². The van der Waals surface area contributed by atoms with Crippen LogP contribution in [0.5, 0.6) is 0 Å². The number of hydrogen-bond donors (Lipinski definition) is 1. The fourth-order valence-electron chi connectivity index (χ4n) is 5.34. The largest absolute Gasteiger partial charge is 0.416 e. The van der Waals surface area contributed by atoms with E-state index in [2.05, 4.69) is 39.2 Å². The SMILES string of the molecule is CCN1C(=O)[C@H](NC(=O)c2cccc(C(F)(F)F)c2)[C@H](c2ccc(F)cc2)c2c(CO[Si](C)(C)C(C)(C)C)nn(C3CC3)c21. The predicted octanol–water partition coefficient (Wildman–Crippen LogP) is 7.19. The van der Waals surface area contributed by atoms with Crippen molar-refractivity contribution in [1.82, 2.24) is 15.1 Å². The summed E-state index contributed by atoms with van der Waals surface area (Å²) in [6.07, 6.45) is -2.84. The molecule has 0 spiro atoms. The van der Waals surface area contributed by atoms with Gasteiger partial charge in [0.15, 0.2) is 8.32 Å². The number of anilines is 1. The van der Waals surface area contributed by atoms with Crippen molar-refractivity contribution in [3.63, 3.8) is 0 Å². The van der Waals surface area contributed by atoms with Crippen LogP contribution >= 0.6 is 0 Å². The predicted molar refractivity (Wildman–Crippen MR) is 161 cm³/mol. The summed E-state index contributed by atoms with van der Waals surface area (Å²) in [6, 6.07) is 8.70. The molecule has 0 saturated heterocycles. The first kappa shape index (κ1) is 31.9. The molecule has 0 unspecified atom stereocenters. The molecule has 3 aromatic rings. The number of nitrogens with one attached hydrogen (secondary N) is 1. The molecule has 2 amide bonds. The second kappa shape index (κ2) is 11.4. The fraction of sp³-hybridized carbons (Fsp3) is 0.469. The third-order valence-electron chi connectivity index (χ3n) is 8.98. The van der Waals surface area contributed by atoms with Gasteiger partial charge in [-0.15, -0.1) is 0 Å². The summed E-state index contributed by atoms with van der Waals surface area (Å²) in [7, 11) is -2.23. The van der Waals surface area contributed by atoms with Crippen molar-refractivity contribution in [3.8, 4) is 0 Å². The lowest BCUT2D eigenvalue weighted by Crippen LogP contribution is -2.55. The minimum atomic E-state index is -4.64. The summed E-state index contributed by atoms with van der Waals surface area (Å²) >= 11 is 0. The maximum absolute atomic E-state index is 14.2. The third kappa shape index (κ3) is 6.06. The summed E-state index contributed by atoms with van der Waals surface area (Å²) in [5, 5.41) is 7.66. The number of alkyl halides is 3. The van der Waals surface area contributed by atoms with E-state index < -0.39 is 49.6 Å². The van der Waals surface area contributed by atoms with E-state index in [9.17, 15) is 27.2 Å². The molecule has 2 aliphatic rings. The third-order valence-corrected chi connectivity index (χ3v) is 13.5. The van der Waals surface area contributed by atoms with Gasteiger partial charge in [-0.3, -0.25) is 14.5 Å². The first-order chi connectivity index (χ1) is 20.5. The highest BCUT2D eigenvalue weighted by atomic mass is 28.4. The normalized spacial score (nSPS) is 19.2. The molecule has 0 radical (unpaired) electrons. The maximum Gasteiger partial charge on any atom is 0.416 e. The molecular formula is C32H38F4N4O3Si. The number of carbonyl (C=O) groups is 2. The molecule has 1 aromatic heterocycles. The van der Waals surface area contributed by atoms with E-state index in [1.807, 2.05) is 11.6 Å². The smallest absolute Gasteiger partial charge is 0.411 e. The lowest BCUT2D eigenvalue weighted by Gasteiger charge is -2.39. The fourth-order valence-corrected chi connectivity index (χ4v) is 6.27. The minimum Gasteiger partial charge on any atom is -0.411 e. The van der Waals surface area contributed by atoms with Crippen molar-refractivity contribution in [2.45, 2.75) is 89.5 Å². The van der Waals surface area contributed by atoms with Crippen LogP contribution in [0.3, 0.4) is 0 Å². The van der Waals surface area contributed by atoms with Crippen molar-refractivity contribution in [2.75, 3.05) is 11.4 Å². The molecule has 0 bridgehead atoms. The summed E-state index contributed by atoms with van der Waals surface area (Å²) in [5.41, 5.74) is 0.682. The van der Waals surface area contributed by atoms with Gasteiger partial charge in [-0.05, 0) is 73.8 Å². The molecule has 1 saturated carbocycles. The van der Waals surface area contributed by atoms with E-state index in [4.69, 9.17) is 9.52 Å². The topological polar surface area (TPSA) is 76.5 Å². The molecule has 236 valence electrons. The first-order valence-corrected chi connectivity index (χ1v) is 17.7. The second-order valence-electron chi connectivity index (χ2n) is 13.1. The number of rotatable bonds is 8. The Kier molecular flexibility index (Phi) is 8.30. The number of hydrogen-bond acceptors (Lipinski definition) is 4. The number of nitrogens with zero attached hydrogens (tertiary/aromatic N) is 3. The number of likely N-dealkylation sites (N-methyl/N-ethyl adjacent to an activating group) is 1. The Morgan fingerprint density at radius 3 is 2.32 bits per heavy atom. The Balaban J connectivity index is 1.64. The van der Waals surface area contributed by atoms with Gasteiger partial charge in [0.2, 0.25) is 0 Å². The van der Waals surface area contributed by atoms with Crippen LogP contribution in [0.4, 0.5) is 23.4 Å². The Bertz CT molecular complexity index is 1560. The molecule has 1 aliphatic heterocycles. The average molecular weight is 631 g/mol. The molecule has 7 nitrogen and oxygen atoms in total. The number of benzene rings is 2. The summed E-state index contributed by atoms with van der Waals surface area (Å²) in [6.45, 7) is 12.9. The van der Waals surface area contributed by atoms with Gasteiger partial charge in [0.05, 0.1) is 23.9 Å². The monoisotopic (exact) mass is 630 g/mol. The van der Waals surface area contributed by atoms with Crippen LogP contribution < -0.4 is 10.2 Å². The Hall–Kier alpha value is -3.51. The van der Waals surface area contributed by atoms with E-state index in [0.717, 1.165) is 31.0 Å². The highest BCUT2D eigenvalue weighted by molar-refractivity contribution is 6.74. The van der Waals surface area contributed by atoms with Crippen molar-refractivity contribution < 1.29 is 31.6 Å². The molecule has 44 heavy (non-hydrogen) atoms. The molecule has 1 fully saturated rings. The minimum absolute atomic E-state index is 0.0740. The number of carbonyl (C=O) groups excluding carboxylic acids is 2. The number of fused-ring (bicyclic) bond motifs is 1. The van der Waals surface area contributed by atoms with E-state index in [0.29, 0.717) is 22.6 Å². The van der Waals surface area contributed by atoms with Gasteiger partial charge in [0.25, 0.3) is 11.8 Å². The van der Waals surface area contributed by atoms with Crippen LogP contribution in [-0.2, 0) is 22.0 Å². The second-order valence-corrected chi connectivity index (χ2v) is 17.9. The van der Waals surface area contributed by atoms with Crippen LogP contribution in [0.2, 0.25) is 18.1 Å². The highest BCUT2D eigenvalue weighted by Crippen LogP contribution is 2.48. The van der Waals surface area contributed by atoms with Crippen LogP contribution in [-0.4, -0.2) is 42.5 Å². The zero-order valence-electron chi connectivity index (χ0n) is 25.8. The first-order valence-electron chi connectivity index (χ1n) is 14.8. The summed E-state index contributed by atoms with van der Waals surface area (Å²) in [5.74, 6) is -1.89. The van der Waals surface area contributed by atoms with Crippen LogP contribution in [0, 0.1) is 5.82 Å². The van der Waals surface area contributed by atoms with Crippen LogP contribution in [0.1, 0.15) is 85.2 Å². The molecule has 2 atom stereocenters. The Labute approximate surface area is 255 Å². The van der Waals surface area contributed by atoms with Crippen LogP contribution in [0.15, 0.2) is 48.5 Å². The zero-order chi connectivity index (χ0) is 32.2. The molecular weight excluding hydrogens is 592 g/mol. The molecule has 12 heteroatoms. The summed E-state index contributed by atoms with van der Waals surface area (Å²) < 4.78 is 62.9. The molecule has 2 aromatic carbocycles. The molecule has 2 heterocycles. The van der Waals surface area contributed by atoms with E-state index >= 15 is 0 Å². The van der Waals surface area contributed by atoms with Gasteiger partial charge in [-0.25, -0.2) is 9.07 Å². The highest BCUT2D eigenvalue weighted by Gasteiger charge is 2.48. The lowest BCUT2D eigenvalue weighted by atomic mass is 9.81. The van der Waals surface area contributed by atoms with E-state index in [1.54, 1.807) is 17.0 Å². The summed E-state index contributed by atoms with van der Waals surface area (Å²) in [4.78, 5) is 29.3. The number of halogens is 4. The molecule has 5 rings (SSSR count). The van der Waals surface area contributed by atoms with Gasteiger partial charge in [-0.1, -0.05) is 39.0 Å². The van der Waals surface area contributed by atoms with Crippen molar-refractivity contribution in [1.29, 1.82) is 0 Å². The quantitative estimate of drug-likeness (QED) is 0.211. The molecule has 1 N–H and O–H groups in total. The Morgan fingerprint density at radius 2 is 1.75 bits per heavy atom. The van der Waals surface area contributed by atoms with Gasteiger partial charge in [0.1, 0.15) is 17.7 Å². The van der Waals surface area contributed by atoms with E-state index in [1.165, 1.54) is 18.2 Å². The number of aromatic nitrogens is 2. The lowest BCUT2D eigenvalue weighted by molar-refractivity contribution is -0.137. The van der Waals surface area contributed by atoms with Gasteiger partial charge in [-0.2, -0.15) is 18.3 Å². The zero-order valence-corrected chi connectivity index (χ0v) is 26.8. The van der Waals surface area contributed by atoms with Crippen molar-refractivity contribution in [3.05, 3.63) is 82.3 Å². The van der Waals surface area contributed by atoms with Crippen LogP contribution in [0.25, 0.3) is 0 Å². The van der Waals surface area contributed by atoms with Gasteiger partial charge < -0.3 is 9.74 Å². The van der Waals surface area contributed by atoms with E-state index in [-0.39, 0.29) is 29.8 Å².